The molecule has 1 fully saturated rings. The molecule has 0 saturated carbocycles. The van der Waals surface area contributed by atoms with Crippen molar-refractivity contribution in [2.45, 2.75) is 33.2 Å². The summed E-state index contributed by atoms with van der Waals surface area (Å²) in [6.45, 7) is 14.4. The number of morpholine rings is 1. The van der Waals surface area contributed by atoms with E-state index in [1.807, 2.05) is 0 Å². The normalized spacial score (nSPS) is 16.4. The maximum absolute atomic E-state index is 5.84. The molecule has 1 aromatic carbocycles. The summed E-state index contributed by atoms with van der Waals surface area (Å²) in [5, 5.41) is 6.74. The first-order valence-corrected chi connectivity index (χ1v) is 9.39. The Balaban J connectivity index is 1.72. The van der Waals surface area contributed by atoms with E-state index in [1.165, 1.54) is 11.1 Å². The maximum atomic E-state index is 5.84. The topological polar surface area (TPSA) is 58.1 Å². The second-order valence-corrected chi connectivity index (χ2v) is 7.44. The van der Waals surface area contributed by atoms with Crippen LogP contribution in [0.2, 0.25) is 0 Å². The standard InChI is InChI=1S/C20H34N4O2/c1-16-12-17(2)14-18(13-16)26-9-6-22-19(21-5)23-15-20(3,4)24-7-10-25-11-8-24/h12-14H,6-11,15H2,1-5H3,(H2,21,22,23). The fourth-order valence-corrected chi connectivity index (χ4v) is 3.16. The summed E-state index contributed by atoms with van der Waals surface area (Å²) >= 11 is 0. The summed E-state index contributed by atoms with van der Waals surface area (Å²) in [6.07, 6.45) is 0. The van der Waals surface area contributed by atoms with Crippen molar-refractivity contribution in [1.82, 2.24) is 15.5 Å². The molecular formula is C20H34N4O2. The molecule has 1 aromatic rings. The SMILES string of the molecule is CN=C(NCCOc1cc(C)cc(C)c1)NCC(C)(C)N1CCOCC1. The van der Waals surface area contributed by atoms with Gasteiger partial charge in [0.25, 0.3) is 0 Å². The molecule has 0 atom stereocenters. The third-order valence-corrected chi connectivity index (χ3v) is 4.64. The van der Waals surface area contributed by atoms with Crippen LogP contribution in [-0.4, -0.2) is 69.4 Å². The Labute approximate surface area is 158 Å². The molecule has 0 radical (unpaired) electrons. The van der Waals surface area contributed by atoms with E-state index in [0.717, 1.165) is 44.6 Å². The van der Waals surface area contributed by atoms with E-state index < -0.39 is 0 Å². The highest BCUT2D eigenvalue weighted by Gasteiger charge is 2.28. The number of nitrogens with one attached hydrogen (secondary N) is 2. The second-order valence-electron chi connectivity index (χ2n) is 7.44. The average Bonchev–Trinajstić information content (AvgIpc) is 2.61. The minimum atomic E-state index is 0.0526. The van der Waals surface area contributed by atoms with E-state index in [-0.39, 0.29) is 5.54 Å². The Bertz CT molecular complexity index is 575. The summed E-state index contributed by atoms with van der Waals surface area (Å²) in [6, 6.07) is 6.27. The first-order valence-electron chi connectivity index (χ1n) is 9.39. The van der Waals surface area contributed by atoms with E-state index in [0.29, 0.717) is 13.2 Å². The number of benzene rings is 1. The molecule has 0 aromatic heterocycles. The van der Waals surface area contributed by atoms with Crippen molar-refractivity contribution in [1.29, 1.82) is 0 Å². The number of hydrogen-bond donors (Lipinski definition) is 2. The summed E-state index contributed by atoms with van der Waals surface area (Å²) < 4.78 is 11.3. The van der Waals surface area contributed by atoms with Crippen LogP contribution in [0.5, 0.6) is 5.75 Å². The molecule has 1 aliphatic rings. The Morgan fingerprint density at radius 3 is 2.42 bits per heavy atom. The lowest BCUT2D eigenvalue weighted by Gasteiger charge is -2.41. The molecule has 0 bridgehead atoms. The minimum Gasteiger partial charge on any atom is -0.492 e. The first-order chi connectivity index (χ1) is 12.4. The zero-order valence-corrected chi connectivity index (χ0v) is 16.9. The van der Waals surface area contributed by atoms with Gasteiger partial charge < -0.3 is 20.1 Å². The van der Waals surface area contributed by atoms with Gasteiger partial charge in [0.05, 0.1) is 19.8 Å². The zero-order valence-electron chi connectivity index (χ0n) is 16.9. The number of hydrogen-bond acceptors (Lipinski definition) is 4. The molecule has 0 aliphatic carbocycles. The van der Waals surface area contributed by atoms with Gasteiger partial charge in [0, 0.05) is 32.2 Å². The highest BCUT2D eigenvalue weighted by Crippen LogP contribution is 2.16. The Morgan fingerprint density at radius 2 is 1.81 bits per heavy atom. The van der Waals surface area contributed by atoms with Crippen molar-refractivity contribution in [2.75, 3.05) is 53.0 Å². The van der Waals surface area contributed by atoms with Gasteiger partial charge in [-0.25, -0.2) is 0 Å². The fourth-order valence-electron chi connectivity index (χ4n) is 3.16. The number of aryl methyl sites for hydroxylation is 2. The highest BCUT2D eigenvalue weighted by molar-refractivity contribution is 5.79. The van der Waals surface area contributed by atoms with Crippen molar-refractivity contribution in [3.8, 4) is 5.75 Å². The van der Waals surface area contributed by atoms with Crippen LogP contribution in [0.15, 0.2) is 23.2 Å². The van der Waals surface area contributed by atoms with Gasteiger partial charge in [-0.1, -0.05) is 6.07 Å². The lowest BCUT2D eigenvalue weighted by atomic mass is 10.0. The third kappa shape index (κ3) is 6.50. The molecule has 26 heavy (non-hydrogen) atoms. The van der Waals surface area contributed by atoms with Crippen molar-refractivity contribution < 1.29 is 9.47 Å². The Morgan fingerprint density at radius 1 is 1.15 bits per heavy atom. The molecule has 6 nitrogen and oxygen atoms in total. The predicted molar refractivity (Wildman–Crippen MR) is 107 cm³/mol. The molecule has 1 heterocycles. The number of aliphatic imine (C=N–C) groups is 1. The Hall–Kier alpha value is -1.79. The van der Waals surface area contributed by atoms with Gasteiger partial charge in [0.2, 0.25) is 0 Å². The average molecular weight is 363 g/mol. The van der Waals surface area contributed by atoms with Gasteiger partial charge in [-0.15, -0.1) is 0 Å². The number of guanidine groups is 1. The van der Waals surface area contributed by atoms with Gasteiger partial charge in [0.1, 0.15) is 12.4 Å². The van der Waals surface area contributed by atoms with Crippen molar-refractivity contribution >= 4 is 5.96 Å². The second kappa shape index (κ2) is 9.78. The smallest absolute Gasteiger partial charge is 0.191 e. The molecule has 6 heteroatoms. The lowest BCUT2D eigenvalue weighted by Crippen LogP contribution is -2.56. The number of rotatable bonds is 7. The molecule has 1 aliphatic heterocycles. The van der Waals surface area contributed by atoms with Crippen LogP contribution in [-0.2, 0) is 4.74 Å². The van der Waals surface area contributed by atoms with Crippen LogP contribution >= 0.6 is 0 Å². The van der Waals surface area contributed by atoms with Crippen LogP contribution in [0, 0.1) is 13.8 Å². The molecule has 0 spiro atoms. The van der Waals surface area contributed by atoms with Gasteiger partial charge >= 0.3 is 0 Å². The number of ether oxygens (including phenoxy) is 2. The minimum absolute atomic E-state index is 0.0526. The predicted octanol–water partition coefficient (Wildman–Crippen LogP) is 1.96. The van der Waals surface area contributed by atoms with Crippen LogP contribution in [0.25, 0.3) is 0 Å². The molecule has 2 N–H and O–H groups in total. The number of nitrogens with zero attached hydrogens (tertiary/aromatic N) is 2. The van der Waals surface area contributed by atoms with Crippen LogP contribution in [0.4, 0.5) is 0 Å². The largest absolute Gasteiger partial charge is 0.492 e. The van der Waals surface area contributed by atoms with Crippen LogP contribution in [0.3, 0.4) is 0 Å². The van der Waals surface area contributed by atoms with E-state index >= 15 is 0 Å². The maximum Gasteiger partial charge on any atom is 0.191 e. The summed E-state index contributed by atoms with van der Waals surface area (Å²) in [5.74, 6) is 1.72. The van der Waals surface area contributed by atoms with Gasteiger partial charge in [0.15, 0.2) is 5.96 Å². The summed E-state index contributed by atoms with van der Waals surface area (Å²) in [4.78, 5) is 6.76. The summed E-state index contributed by atoms with van der Waals surface area (Å²) in [5.41, 5.74) is 2.49. The molecule has 2 rings (SSSR count). The molecule has 0 unspecified atom stereocenters. The van der Waals surface area contributed by atoms with Crippen molar-refractivity contribution in [3.05, 3.63) is 29.3 Å². The van der Waals surface area contributed by atoms with E-state index in [4.69, 9.17) is 9.47 Å². The molecule has 1 saturated heterocycles. The van der Waals surface area contributed by atoms with Crippen LogP contribution < -0.4 is 15.4 Å². The molecular weight excluding hydrogens is 328 g/mol. The van der Waals surface area contributed by atoms with Crippen LogP contribution in [0.1, 0.15) is 25.0 Å². The van der Waals surface area contributed by atoms with Gasteiger partial charge in [-0.05, 0) is 51.0 Å². The van der Waals surface area contributed by atoms with Crippen molar-refractivity contribution in [2.24, 2.45) is 4.99 Å². The molecule has 146 valence electrons. The molecule has 0 amide bonds. The van der Waals surface area contributed by atoms with E-state index in [2.05, 4.69) is 66.4 Å². The lowest BCUT2D eigenvalue weighted by molar-refractivity contribution is -0.00834. The third-order valence-electron chi connectivity index (χ3n) is 4.64. The van der Waals surface area contributed by atoms with E-state index in [1.54, 1.807) is 7.05 Å². The fraction of sp³-hybridized carbons (Fsp3) is 0.650. The van der Waals surface area contributed by atoms with Crippen molar-refractivity contribution in [3.63, 3.8) is 0 Å². The van der Waals surface area contributed by atoms with Gasteiger partial charge in [-0.3, -0.25) is 9.89 Å². The van der Waals surface area contributed by atoms with Gasteiger partial charge in [-0.2, -0.15) is 0 Å². The zero-order chi connectivity index (χ0) is 19.0. The summed E-state index contributed by atoms with van der Waals surface area (Å²) in [7, 11) is 1.79. The Kier molecular flexibility index (Phi) is 7.72. The monoisotopic (exact) mass is 362 g/mol. The highest BCUT2D eigenvalue weighted by atomic mass is 16.5. The first kappa shape index (κ1) is 20.5. The van der Waals surface area contributed by atoms with E-state index in [9.17, 15) is 0 Å². The quantitative estimate of drug-likeness (QED) is 0.441.